The minimum atomic E-state index is 0.220. The van der Waals surface area contributed by atoms with Crippen molar-refractivity contribution in [2.75, 3.05) is 0 Å². The van der Waals surface area contributed by atoms with E-state index < -0.39 is 0 Å². The molecule has 2 aromatic rings. The van der Waals surface area contributed by atoms with Gasteiger partial charge in [-0.05, 0) is 57.4 Å². The molecular weight excluding hydrogens is 306 g/mol. The largest absolute Gasteiger partial charge is 0.307 e. The molecule has 2 heterocycles. The molecule has 1 atom stereocenters. The standard InChI is InChI=1S/C18H25N3OS/c1-3-11(2)19-10-15-20-17-16(18(22)21(15)12-8-9-12)13-6-4-5-7-14(13)23-17/h11-12,19H,3-10H2,1-2H3. The van der Waals surface area contributed by atoms with Crippen molar-refractivity contribution >= 4 is 21.6 Å². The molecule has 4 rings (SSSR count). The zero-order valence-corrected chi connectivity index (χ0v) is 14.8. The molecule has 1 saturated carbocycles. The maximum absolute atomic E-state index is 13.2. The molecule has 0 radical (unpaired) electrons. The van der Waals surface area contributed by atoms with Gasteiger partial charge < -0.3 is 5.32 Å². The summed E-state index contributed by atoms with van der Waals surface area (Å²) in [5.41, 5.74) is 1.53. The molecule has 5 heteroatoms. The van der Waals surface area contributed by atoms with Crippen molar-refractivity contribution in [1.82, 2.24) is 14.9 Å². The van der Waals surface area contributed by atoms with Crippen LogP contribution in [0.1, 0.15) is 68.3 Å². The van der Waals surface area contributed by atoms with Crippen molar-refractivity contribution in [1.29, 1.82) is 0 Å². The summed E-state index contributed by atoms with van der Waals surface area (Å²) in [4.78, 5) is 20.5. The second-order valence-electron chi connectivity index (χ2n) is 7.02. The first-order valence-electron chi connectivity index (χ1n) is 8.98. The highest BCUT2D eigenvalue weighted by molar-refractivity contribution is 7.18. The summed E-state index contributed by atoms with van der Waals surface area (Å²) >= 11 is 1.76. The van der Waals surface area contributed by atoms with Crippen LogP contribution >= 0.6 is 11.3 Å². The van der Waals surface area contributed by atoms with E-state index in [1.54, 1.807) is 11.3 Å². The number of nitrogens with one attached hydrogen (secondary N) is 1. The first-order valence-corrected chi connectivity index (χ1v) is 9.79. The van der Waals surface area contributed by atoms with E-state index in [4.69, 9.17) is 4.98 Å². The number of fused-ring (bicyclic) bond motifs is 3. The molecule has 0 aromatic carbocycles. The van der Waals surface area contributed by atoms with Gasteiger partial charge in [-0.1, -0.05) is 6.92 Å². The van der Waals surface area contributed by atoms with E-state index in [1.807, 2.05) is 4.57 Å². The highest BCUT2D eigenvalue weighted by Gasteiger charge is 2.30. The number of thiophene rings is 1. The Morgan fingerprint density at radius 2 is 2.13 bits per heavy atom. The number of hydrogen-bond acceptors (Lipinski definition) is 4. The number of hydrogen-bond donors (Lipinski definition) is 1. The monoisotopic (exact) mass is 331 g/mol. The summed E-state index contributed by atoms with van der Waals surface area (Å²) < 4.78 is 2.00. The molecule has 0 saturated heterocycles. The van der Waals surface area contributed by atoms with E-state index in [9.17, 15) is 4.79 Å². The summed E-state index contributed by atoms with van der Waals surface area (Å²) in [7, 11) is 0. The highest BCUT2D eigenvalue weighted by Crippen LogP contribution is 2.37. The Hall–Kier alpha value is -1.20. The molecule has 0 spiro atoms. The minimum absolute atomic E-state index is 0.220. The maximum atomic E-state index is 13.2. The quantitative estimate of drug-likeness (QED) is 0.911. The summed E-state index contributed by atoms with van der Waals surface area (Å²) in [6.45, 7) is 5.05. The summed E-state index contributed by atoms with van der Waals surface area (Å²) in [6.07, 6.45) is 7.97. The predicted molar refractivity (Wildman–Crippen MR) is 95.4 cm³/mol. The fourth-order valence-electron chi connectivity index (χ4n) is 3.50. The predicted octanol–water partition coefficient (Wildman–Crippen LogP) is 3.56. The van der Waals surface area contributed by atoms with Crippen LogP contribution in [-0.4, -0.2) is 15.6 Å². The molecule has 1 fully saturated rings. The Kier molecular flexibility index (Phi) is 4.01. The first kappa shape index (κ1) is 15.3. The average Bonchev–Trinajstić information content (AvgIpc) is 3.31. The van der Waals surface area contributed by atoms with Crippen LogP contribution in [0.3, 0.4) is 0 Å². The van der Waals surface area contributed by atoms with Gasteiger partial charge in [-0.2, -0.15) is 0 Å². The van der Waals surface area contributed by atoms with Gasteiger partial charge in [0.2, 0.25) is 0 Å². The van der Waals surface area contributed by atoms with Gasteiger partial charge >= 0.3 is 0 Å². The number of rotatable bonds is 5. The molecule has 124 valence electrons. The lowest BCUT2D eigenvalue weighted by atomic mass is 9.97. The normalized spacial score (nSPS) is 19.0. The van der Waals surface area contributed by atoms with Crippen LogP contribution in [0.2, 0.25) is 0 Å². The summed E-state index contributed by atoms with van der Waals surface area (Å²) in [5, 5.41) is 4.44. The van der Waals surface area contributed by atoms with E-state index in [1.165, 1.54) is 23.3 Å². The topological polar surface area (TPSA) is 46.9 Å². The maximum Gasteiger partial charge on any atom is 0.262 e. The Morgan fingerprint density at radius 1 is 1.35 bits per heavy atom. The van der Waals surface area contributed by atoms with Gasteiger partial charge in [0.15, 0.2) is 0 Å². The SMILES string of the molecule is CCC(C)NCc1nc2sc3c(c2c(=O)n1C1CC1)CCCC3. The summed E-state index contributed by atoms with van der Waals surface area (Å²) in [6, 6.07) is 0.832. The minimum Gasteiger partial charge on any atom is -0.307 e. The van der Waals surface area contributed by atoms with Crippen molar-refractivity contribution in [3.63, 3.8) is 0 Å². The highest BCUT2D eigenvalue weighted by atomic mass is 32.1. The molecule has 0 bridgehead atoms. The van der Waals surface area contributed by atoms with E-state index >= 15 is 0 Å². The third-order valence-corrected chi connectivity index (χ3v) is 6.41. The molecule has 23 heavy (non-hydrogen) atoms. The Morgan fingerprint density at radius 3 is 2.87 bits per heavy atom. The molecule has 0 amide bonds. The van der Waals surface area contributed by atoms with Crippen LogP contribution in [0.4, 0.5) is 0 Å². The lowest BCUT2D eigenvalue weighted by Crippen LogP contribution is -2.31. The molecule has 1 N–H and O–H groups in total. The van der Waals surface area contributed by atoms with E-state index in [-0.39, 0.29) is 5.56 Å². The van der Waals surface area contributed by atoms with Crippen LogP contribution < -0.4 is 10.9 Å². The van der Waals surface area contributed by atoms with Crippen molar-refractivity contribution in [3.05, 3.63) is 26.6 Å². The molecule has 4 nitrogen and oxygen atoms in total. The van der Waals surface area contributed by atoms with Gasteiger partial charge in [0.1, 0.15) is 10.7 Å². The average molecular weight is 331 g/mol. The Bertz CT molecular complexity index is 788. The van der Waals surface area contributed by atoms with Crippen molar-refractivity contribution in [2.24, 2.45) is 0 Å². The zero-order valence-electron chi connectivity index (χ0n) is 14.0. The second-order valence-corrected chi connectivity index (χ2v) is 8.10. The van der Waals surface area contributed by atoms with Gasteiger partial charge in [-0.3, -0.25) is 9.36 Å². The Labute approximate surface area is 140 Å². The summed E-state index contributed by atoms with van der Waals surface area (Å²) in [5.74, 6) is 0.934. The van der Waals surface area contributed by atoms with Gasteiger partial charge in [0.25, 0.3) is 5.56 Å². The van der Waals surface area contributed by atoms with Crippen molar-refractivity contribution < 1.29 is 0 Å². The van der Waals surface area contributed by atoms with Crippen LogP contribution in [0.25, 0.3) is 10.2 Å². The van der Waals surface area contributed by atoms with Crippen LogP contribution in [0.15, 0.2) is 4.79 Å². The van der Waals surface area contributed by atoms with Crippen LogP contribution in [0, 0.1) is 0 Å². The fraction of sp³-hybridized carbons (Fsp3) is 0.667. The van der Waals surface area contributed by atoms with Crippen molar-refractivity contribution in [3.8, 4) is 0 Å². The molecule has 1 unspecified atom stereocenters. The first-order chi connectivity index (χ1) is 11.2. The lowest BCUT2D eigenvalue weighted by Gasteiger charge is -2.16. The molecule has 2 aromatic heterocycles. The number of nitrogens with zero attached hydrogens (tertiary/aromatic N) is 2. The molecule has 2 aliphatic rings. The molecule has 2 aliphatic carbocycles. The van der Waals surface area contributed by atoms with Gasteiger partial charge in [-0.15, -0.1) is 11.3 Å². The molecular formula is C18H25N3OS. The van der Waals surface area contributed by atoms with Gasteiger partial charge in [0.05, 0.1) is 11.9 Å². The Balaban J connectivity index is 1.82. The molecule has 0 aliphatic heterocycles. The van der Waals surface area contributed by atoms with E-state index in [2.05, 4.69) is 19.2 Å². The van der Waals surface area contributed by atoms with E-state index in [0.29, 0.717) is 18.6 Å². The third-order valence-electron chi connectivity index (χ3n) is 5.23. The smallest absolute Gasteiger partial charge is 0.262 e. The fourth-order valence-corrected chi connectivity index (χ4v) is 4.77. The lowest BCUT2D eigenvalue weighted by molar-refractivity contribution is 0.501. The van der Waals surface area contributed by atoms with E-state index in [0.717, 1.165) is 48.1 Å². The van der Waals surface area contributed by atoms with Crippen LogP contribution in [0.5, 0.6) is 0 Å². The third kappa shape index (κ3) is 2.74. The zero-order chi connectivity index (χ0) is 16.0. The van der Waals surface area contributed by atoms with Crippen molar-refractivity contribution in [2.45, 2.75) is 77.4 Å². The second kappa shape index (κ2) is 6.02. The number of aromatic nitrogens is 2. The van der Waals surface area contributed by atoms with Crippen LogP contribution in [-0.2, 0) is 19.4 Å². The number of aryl methyl sites for hydroxylation is 2. The van der Waals surface area contributed by atoms with Gasteiger partial charge in [-0.25, -0.2) is 4.98 Å². The van der Waals surface area contributed by atoms with Gasteiger partial charge in [0, 0.05) is 17.0 Å².